The molecular formula is C45H48N3+. The van der Waals surface area contributed by atoms with Crippen LogP contribution in [0.1, 0.15) is 62.8 Å². The van der Waals surface area contributed by atoms with E-state index in [1.807, 2.05) is 0 Å². The molecule has 0 fully saturated rings. The van der Waals surface area contributed by atoms with E-state index < -0.39 is 0 Å². The highest BCUT2D eigenvalue weighted by atomic mass is 15.2. The second-order valence-electron chi connectivity index (χ2n) is 14.8. The van der Waals surface area contributed by atoms with Gasteiger partial charge in [0.1, 0.15) is 7.05 Å². The van der Waals surface area contributed by atoms with E-state index in [1.54, 1.807) is 0 Å². The maximum Gasteiger partial charge on any atom is 0.209 e. The molecule has 2 heterocycles. The summed E-state index contributed by atoms with van der Waals surface area (Å²) in [6, 6.07) is 35.4. The second kappa shape index (κ2) is 12.0. The van der Waals surface area contributed by atoms with Crippen LogP contribution < -0.4 is 9.80 Å². The van der Waals surface area contributed by atoms with Crippen LogP contribution in [0.3, 0.4) is 0 Å². The lowest BCUT2D eigenvalue weighted by atomic mass is 9.80. The summed E-state index contributed by atoms with van der Waals surface area (Å²) in [4.78, 5) is 4.84. The molecule has 0 N–H and O–H groups in total. The molecule has 48 heavy (non-hydrogen) atoms. The first-order chi connectivity index (χ1) is 23.0. The molecule has 3 aliphatic rings. The number of hydrogen-bond acceptors (Lipinski definition) is 2. The minimum absolute atomic E-state index is 0.0838. The number of likely N-dealkylation sites (N-methyl/N-ethyl adjacent to an activating group) is 1. The minimum Gasteiger partial charge on any atom is -0.347 e. The number of rotatable bonds is 6. The Hall–Kier alpha value is -4.89. The first-order valence-corrected chi connectivity index (χ1v) is 17.3. The molecule has 0 radical (unpaired) electrons. The Morgan fingerprint density at radius 2 is 1.29 bits per heavy atom. The first-order valence-electron chi connectivity index (χ1n) is 17.3. The van der Waals surface area contributed by atoms with Crippen LogP contribution in [0.5, 0.6) is 0 Å². The summed E-state index contributed by atoms with van der Waals surface area (Å²) in [6.07, 6.45) is 11.5. The van der Waals surface area contributed by atoms with Crippen LogP contribution in [-0.2, 0) is 10.8 Å². The van der Waals surface area contributed by atoms with Crippen molar-refractivity contribution >= 4 is 28.5 Å². The summed E-state index contributed by atoms with van der Waals surface area (Å²) in [5.74, 6) is 0. The summed E-state index contributed by atoms with van der Waals surface area (Å²) in [6.45, 7) is 13.8. The second-order valence-corrected chi connectivity index (χ2v) is 14.8. The number of fused-ring (bicyclic) bond motifs is 2. The number of allylic oxidation sites excluding steroid dienone is 7. The molecule has 0 unspecified atom stereocenters. The van der Waals surface area contributed by atoms with E-state index in [0.717, 1.165) is 12.8 Å². The van der Waals surface area contributed by atoms with Crippen molar-refractivity contribution in [2.45, 2.75) is 65.2 Å². The van der Waals surface area contributed by atoms with Gasteiger partial charge >= 0.3 is 0 Å². The SMILES string of the molecule is Cc1ccc2c(c1)C(C)(C)C(=CC=C1CCC(C=CC3=[N+](C)c4ccc(C)cc4C3(C)C)=C1N(c1ccccc1)c1ccccc1)N2C. The number of para-hydroxylation sites is 2. The topological polar surface area (TPSA) is 9.49 Å². The van der Waals surface area contributed by atoms with E-state index in [-0.39, 0.29) is 10.8 Å². The Labute approximate surface area is 287 Å². The van der Waals surface area contributed by atoms with Gasteiger partial charge in [-0.1, -0.05) is 91.7 Å². The predicted molar refractivity (Wildman–Crippen MR) is 204 cm³/mol. The fraction of sp³-hybridized carbons (Fsp3) is 0.267. The van der Waals surface area contributed by atoms with Crippen molar-refractivity contribution in [3.63, 3.8) is 0 Å². The number of anilines is 3. The lowest BCUT2D eigenvalue weighted by Gasteiger charge is -2.29. The van der Waals surface area contributed by atoms with Crippen molar-refractivity contribution in [2.24, 2.45) is 0 Å². The zero-order chi connectivity index (χ0) is 33.8. The molecule has 0 atom stereocenters. The Kier molecular flexibility index (Phi) is 7.90. The molecule has 0 saturated carbocycles. The van der Waals surface area contributed by atoms with Gasteiger partial charge in [0, 0.05) is 52.9 Å². The average Bonchev–Trinajstić information content (AvgIpc) is 3.61. The molecule has 1 aliphatic carbocycles. The van der Waals surface area contributed by atoms with Gasteiger partial charge in [-0.05, 0) is 99.7 Å². The van der Waals surface area contributed by atoms with Crippen LogP contribution in [0.25, 0.3) is 0 Å². The van der Waals surface area contributed by atoms with Crippen LogP contribution in [-0.4, -0.2) is 24.4 Å². The molecule has 3 heteroatoms. The zero-order valence-corrected chi connectivity index (χ0v) is 29.8. The Balaban J connectivity index is 1.38. The zero-order valence-electron chi connectivity index (χ0n) is 29.8. The monoisotopic (exact) mass is 630 g/mol. The summed E-state index contributed by atoms with van der Waals surface area (Å²) in [5, 5.41) is 0. The number of hydrogen-bond donors (Lipinski definition) is 0. The third-order valence-corrected chi connectivity index (χ3v) is 10.8. The smallest absolute Gasteiger partial charge is 0.209 e. The van der Waals surface area contributed by atoms with Crippen molar-refractivity contribution in [1.29, 1.82) is 0 Å². The van der Waals surface area contributed by atoms with E-state index in [0.29, 0.717) is 0 Å². The standard InChI is InChI=1S/C45H48N3/c1-31-19-25-39-37(29-31)44(3,4)41(46(39)7)27-23-33-21-22-34(24-28-42-45(5,6)38-30-32(2)20-26-40(38)47(42)8)43(33)48(35-15-11-9-12-16-35)36-17-13-10-14-18-36/h9-20,23-30H,21-22H2,1-8H3/q+1. The molecule has 4 aromatic carbocycles. The van der Waals surface area contributed by atoms with E-state index >= 15 is 0 Å². The molecule has 242 valence electrons. The van der Waals surface area contributed by atoms with Gasteiger partial charge in [-0.25, -0.2) is 0 Å². The van der Waals surface area contributed by atoms with Gasteiger partial charge < -0.3 is 9.80 Å². The van der Waals surface area contributed by atoms with Crippen LogP contribution >= 0.6 is 0 Å². The van der Waals surface area contributed by atoms with Gasteiger partial charge in [0.25, 0.3) is 0 Å². The van der Waals surface area contributed by atoms with Gasteiger partial charge in [0.05, 0.1) is 11.1 Å². The highest BCUT2D eigenvalue weighted by Gasteiger charge is 2.43. The Morgan fingerprint density at radius 3 is 1.94 bits per heavy atom. The third-order valence-electron chi connectivity index (χ3n) is 10.8. The van der Waals surface area contributed by atoms with E-state index in [1.165, 1.54) is 73.3 Å². The minimum atomic E-state index is -0.0838. The van der Waals surface area contributed by atoms with Crippen LogP contribution in [0.4, 0.5) is 22.7 Å². The van der Waals surface area contributed by atoms with Crippen LogP contribution in [0.15, 0.2) is 144 Å². The molecular weight excluding hydrogens is 583 g/mol. The summed E-state index contributed by atoms with van der Waals surface area (Å²) < 4.78 is 2.38. The molecule has 4 aromatic rings. The predicted octanol–water partition coefficient (Wildman–Crippen LogP) is 11.0. The largest absolute Gasteiger partial charge is 0.347 e. The first kappa shape index (κ1) is 31.7. The van der Waals surface area contributed by atoms with Gasteiger partial charge in [0.15, 0.2) is 5.71 Å². The van der Waals surface area contributed by atoms with E-state index in [4.69, 9.17) is 0 Å². The molecule has 0 bridgehead atoms. The third kappa shape index (κ3) is 5.26. The number of nitrogens with zero attached hydrogens (tertiary/aromatic N) is 3. The van der Waals surface area contributed by atoms with Crippen molar-refractivity contribution < 1.29 is 4.58 Å². The summed E-state index contributed by atoms with van der Waals surface area (Å²) in [5.41, 5.74) is 16.8. The summed E-state index contributed by atoms with van der Waals surface area (Å²) >= 11 is 0. The fourth-order valence-electron chi connectivity index (χ4n) is 8.14. The van der Waals surface area contributed by atoms with Crippen molar-refractivity contribution in [2.75, 3.05) is 23.9 Å². The van der Waals surface area contributed by atoms with Crippen molar-refractivity contribution in [3.8, 4) is 0 Å². The Morgan fingerprint density at radius 1 is 0.688 bits per heavy atom. The van der Waals surface area contributed by atoms with Gasteiger partial charge in [-0.15, -0.1) is 0 Å². The maximum atomic E-state index is 2.46. The number of benzene rings is 4. The van der Waals surface area contributed by atoms with Gasteiger partial charge in [0.2, 0.25) is 5.69 Å². The fourth-order valence-corrected chi connectivity index (χ4v) is 8.14. The van der Waals surface area contributed by atoms with E-state index in [9.17, 15) is 0 Å². The molecule has 0 amide bonds. The average molecular weight is 631 g/mol. The molecule has 2 aliphatic heterocycles. The van der Waals surface area contributed by atoms with Crippen molar-refractivity contribution in [3.05, 3.63) is 166 Å². The molecule has 0 saturated heterocycles. The molecule has 0 aromatic heterocycles. The highest BCUT2D eigenvalue weighted by molar-refractivity contribution is 6.03. The van der Waals surface area contributed by atoms with Crippen LogP contribution in [0, 0.1) is 13.8 Å². The molecule has 3 nitrogen and oxygen atoms in total. The number of aryl methyl sites for hydroxylation is 2. The van der Waals surface area contributed by atoms with Crippen LogP contribution in [0.2, 0.25) is 0 Å². The summed E-state index contributed by atoms with van der Waals surface area (Å²) in [7, 11) is 4.42. The normalized spacial score (nSPS) is 19.6. The lowest BCUT2D eigenvalue weighted by molar-refractivity contribution is -0.401. The van der Waals surface area contributed by atoms with Gasteiger partial charge in [-0.3, -0.25) is 0 Å². The maximum absolute atomic E-state index is 2.46. The van der Waals surface area contributed by atoms with E-state index in [2.05, 4.69) is 191 Å². The van der Waals surface area contributed by atoms with Gasteiger partial charge in [-0.2, -0.15) is 4.58 Å². The lowest BCUT2D eigenvalue weighted by Crippen LogP contribution is -2.26. The molecule has 0 spiro atoms. The van der Waals surface area contributed by atoms with Crippen molar-refractivity contribution in [1.82, 2.24) is 0 Å². The Bertz CT molecular complexity index is 2010. The molecule has 7 rings (SSSR count). The quantitative estimate of drug-likeness (QED) is 0.196. The highest BCUT2D eigenvalue weighted by Crippen LogP contribution is 2.48.